The second-order valence-electron chi connectivity index (χ2n) is 7.29. The van der Waals surface area contributed by atoms with Crippen molar-refractivity contribution in [1.82, 2.24) is 19.6 Å². The summed E-state index contributed by atoms with van der Waals surface area (Å²) in [4.78, 5) is 6.03. The predicted octanol–water partition coefficient (Wildman–Crippen LogP) is 6.08. The summed E-state index contributed by atoms with van der Waals surface area (Å²) >= 11 is 3.45. The third kappa shape index (κ3) is 3.59. The normalized spacial score (nSPS) is 11.6. The fourth-order valence-electron chi connectivity index (χ4n) is 3.64. The number of ether oxygens (including phenoxy) is 1. The molecule has 8 heteroatoms. The van der Waals surface area contributed by atoms with Crippen molar-refractivity contribution in [2.75, 3.05) is 7.11 Å². The standard InChI is InChI=1S/C23H22N4O2S2/c1-5-21-25-26-23(19-11-20-18(27(19)21)10-13(2)31-20)30-12-17-14(3)29-22(24-17)15-6-8-16(28-4)9-7-15/h6-11H,5,12H2,1-4H3. The van der Waals surface area contributed by atoms with Gasteiger partial charge in [-0.15, -0.1) is 21.5 Å². The van der Waals surface area contributed by atoms with Gasteiger partial charge in [0.15, 0.2) is 0 Å². The van der Waals surface area contributed by atoms with Crippen molar-refractivity contribution in [1.29, 1.82) is 0 Å². The first-order chi connectivity index (χ1) is 15.1. The summed E-state index contributed by atoms with van der Waals surface area (Å²) in [5, 5.41) is 9.94. The lowest BCUT2D eigenvalue weighted by Crippen LogP contribution is -2.03. The van der Waals surface area contributed by atoms with Crippen molar-refractivity contribution >= 4 is 38.8 Å². The van der Waals surface area contributed by atoms with E-state index < -0.39 is 0 Å². The SMILES string of the molecule is CCc1nnc(SCc2nc(-c3ccc(OC)cc3)oc2C)c2cc3sc(C)cc3n12. The number of methoxy groups -OCH3 is 1. The van der Waals surface area contributed by atoms with E-state index in [0.29, 0.717) is 11.6 Å². The number of aromatic nitrogens is 4. The highest BCUT2D eigenvalue weighted by Crippen LogP contribution is 2.34. The number of thioether (sulfide) groups is 1. The Morgan fingerprint density at radius 1 is 1.10 bits per heavy atom. The zero-order valence-electron chi connectivity index (χ0n) is 17.8. The van der Waals surface area contributed by atoms with Gasteiger partial charge >= 0.3 is 0 Å². The minimum Gasteiger partial charge on any atom is -0.497 e. The lowest BCUT2D eigenvalue weighted by atomic mass is 10.2. The molecule has 0 amide bonds. The van der Waals surface area contributed by atoms with Gasteiger partial charge in [0.1, 0.15) is 22.4 Å². The molecule has 0 saturated heterocycles. The molecule has 0 fully saturated rings. The number of rotatable bonds is 6. The van der Waals surface area contributed by atoms with Crippen molar-refractivity contribution in [3.63, 3.8) is 0 Å². The first-order valence-corrected chi connectivity index (χ1v) is 11.9. The van der Waals surface area contributed by atoms with Crippen molar-refractivity contribution in [3.05, 3.63) is 58.6 Å². The van der Waals surface area contributed by atoms with Gasteiger partial charge in [0, 0.05) is 22.6 Å². The van der Waals surface area contributed by atoms with Gasteiger partial charge in [0.25, 0.3) is 0 Å². The van der Waals surface area contributed by atoms with E-state index in [1.54, 1.807) is 30.2 Å². The van der Waals surface area contributed by atoms with E-state index in [-0.39, 0.29) is 0 Å². The van der Waals surface area contributed by atoms with Crippen LogP contribution in [0.5, 0.6) is 5.75 Å². The monoisotopic (exact) mass is 450 g/mol. The Labute approximate surface area is 188 Å². The van der Waals surface area contributed by atoms with Crippen molar-refractivity contribution in [2.45, 2.75) is 38.0 Å². The molecule has 4 aromatic heterocycles. The van der Waals surface area contributed by atoms with E-state index in [4.69, 9.17) is 14.1 Å². The van der Waals surface area contributed by atoms with Gasteiger partial charge in [-0.3, -0.25) is 4.40 Å². The molecule has 0 aliphatic rings. The summed E-state index contributed by atoms with van der Waals surface area (Å²) in [6.07, 6.45) is 0.834. The summed E-state index contributed by atoms with van der Waals surface area (Å²) in [6, 6.07) is 12.2. The number of hydrogen-bond donors (Lipinski definition) is 0. The molecule has 31 heavy (non-hydrogen) atoms. The molecule has 5 rings (SSSR count). The molecule has 0 radical (unpaired) electrons. The molecule has 0 saturated carbocycles. The van der Waals surface area contributed by atoms with Gasteiger partial charge in [-0.25, -0.2) is 4.98 Å². The van der Waals surface area contributed by atoms with Crippen molar-refractivity contribution in [3.8, 4) is 17.2 Å². The molecule has 0 spiro atoms. The van der Waals surface area contributed by atoms with Crippen molar-refractivity contribution < 1.29 is 9.15 Å². The summed E-state index contributed by atoms with van der Waals surface area (Å²) in [5.41, 5.74) is 4.16. The highest BCUT2D eigenvalue weighted by Gasteiger charge is 2.17. The first kappa shape index (κ1) is 20.1. The van der Waals surface area contributed by atoms with Crippen LogP contribution in [0.25, 0.3) is 27.2 Å². The topological polar surface area (TPSA) is 65.5 Å². The molecule has 0 N–H and O–H groups in total. The molecule has 0 unspecified atom stereocenters. The molecule has 6 nitrogen and oxygen atoms in total. The van der Waals surface area contributed by atoms with E-state index in [1.165, 1.54) is 15.1 Å². The number of aryl methyl sites for hydroxylation is 3. The predicted molar refractivity (Wildman–Crippen MR) is 125 cm³/mol. The maximum Gasteiger partial charge on any atom is 0.226 e. The van der Waals surface area contributed by atoms with E-state index >= 15 is 0 Å². The molecular formula is C23H22N4O2S2. The first-order valence-electron chi connectivity index (χ1n) is 10.1. The van der Waals surface area contributed by atoms with E-state index in [9.17, 15) is 0 Å². The van der Waals surface area contributed by atoms with Crippen LogP contribution in [0.15, 0.2) is 45.8 Å². The molecule has 0 aliphatic carbocycles. The molecule has 5 aromatic rings. The number of benzene rings is 1. The Hall–Kier alpha value is -2.84. The van der Waals surface area contributed by atoms with Crippen LogP contribution in [0.2, 0.25) is 0 Å². The number of fused-ring (bicyclic) bond motifs is 3. The Kier molecular flexibility index (Phi) is 5.19. The van der Waals surface area contributed by atoms with Gasteiger partial charge in [0.2, 0.25) is 5.89 Å². The van der Waals surface area contributed by atoms with Crippen LogP contribution in [0.4, 0.5) is 0 Å². The minimum atomic E-state index is 0.618. The van der Waals surface area contributed by atoms with Gasteiger partial charge in [-0.1, -0.05) is 18.7 Å². The van der Waals surface area contributed by atoms with Crippen LogP contribution >= 0.6 is 23.1 Å². The molecule has 1 aromatic carbocycles. The third-order valence-electron chi connectivity index (χ3n) is 5.24. The molecule has 158 valence electrons. The quantitative estimate of drug-likeness (QED) is 0.292. The average Bonchev–Trinajstić information content (AvgIpc) is 3.44. The molecule has 0 atom stereocenters. The maximum absolute atomic E-state index is 5.93. The molecule has 4 heterocycles. The van der Waals surface area contributed by atoms with E-state index in [2.05, 4.69) is 40.6 Å². The van der Waals surface area contributed by atoms with Crippen LogP contribution in [0.1, 0.15) is 29.1 Å². The lowest BCUT2D eigenvalue weighted by Gasteiger charge is -2.06. The Morgan fingerprint density at radius 3 is 2.65 bits per heavy atom. The van der Waals surface area contributed by atoms with Gasteiger partial charge < -0.3 is 9.15 Å². The van der Waals surface area contributed by atoms with Crippen LogP contribution in [-0.2, 0) is 12.2 Å². The molecule has 0 aliphatic heterocycles. The highest BCUT2D eigenvalue weighted by molar-refractivity contribution is 7.98. The fourth-order valence-corrected chi connectivity index (χ4v) is 5.52. The van der Waals surface area contributed by atoms with Crippen LogP contribution < -0.4 is 4.74 Å². The number of nitrogens with zero attached hydrogens (tertiary/aromatic N) is 4. The average molecular weight is 451 g/mol. The van der Waals surface area contributed by atoms with Crippen LogP contribution in [-0.4, -0.2) is 26.7 Å². The second-order valence-corrected chi connectivity index (χ2v) is 9.54. The van der Waals surface area contributed by atoms with Gasteiger partial charge in [0.05, 0.1) is 28.5 Å². The van der Waals surface area contributed by atoms with Gasteiger partial charge in [-0.05, 0) is 50.2 Å². The van der Waals surface area contributed by atoms with Gasteiger partial charge in [-0.2, -0.15) is 0 Å². The zero-order chi connectivity index (χ0) is 21.5. The maximum atomic E-state index is 5.93. The third-order valence-corrected chi connectivity index (χ3v) is 7.21. The lowest BCUT2D eigenvalue weighted by molar-refractivity contribution is 0.415. The molecular weight excluding hydrogens is 428 g/mol. The van der Waals surface area contributed by atoms with Crippen molar-refractivity contribution in [2.24, 2.45) is 0 Å². The second kappa shape index (κ2) is 8.01. The van der Waals surface area contributed by atoms with Crippen LogP contribution in [0.3, 0.4) is 0 Å². The summed E-state index contributed by atoms with van der Waals surface area (Å²) in [5.74, 6) is 3.89. The summed E-state index contributed by atoms with van der Waals surface area (Å²) < 4.78 is 14.7. The number of thiophene rings is 1. The van der Waals surface area contributed by atoms with E-state index in [0.717, 1.165) is 45.6 Å². The number of oxazole rings is 1. The Morgan fingerprint density at radius 2 is 1.90 bits per heavy atom. The summed E-state index contributed by atoms with van der Waals surface area (Å²) in [7, 11) is 1.66. The summed E-state index contributed by atoms with van der Waals surface area (Å²) in [6.45, 7) is 6.20. The Balaban J connectivity index is 1.44. The smallest absolute Gasteiger partial charge is 0.226 e. The van der Waals surface area contributed by atoms with Crippen LogP contribution in [0, 0.1) is 13.8 Å². The zero-order valence-corrected chi connectivity index (χ0v) is 19.4. The number of hydrogen-bond acceptors (Lipinski definition) is 7. The fraction of sp³-hybridized carbons (Fsp3) is 0.261. The minimum absolute atomic E-state index is 0.618. The van der Waals surface area contributed by atoms with E-state index in [1.807, 2.05) is 31.2 Å². The largest absolute Gasteiger partial charge is 0.497 e. The molecule has 0 bridgehead atoms. The Bertz CT molecular complexity index is 1380. The highest BCUT2D eigenvalue weighted by atomic mass is 32.2.